The Hall–Kier alpha value is -2.87. The van der Waals surface area contributed by atoms with Crippen LogP contribution < -0.4 is 5.73 Å². The summed E-state index contributed by atoms with van der Waals surface area (Å²) in [5, 5.41) is 0. The number of ketones is 2. The summed E-state index contributed by atoms with van der Waals surface area (Å²) in [5.41, 5.74) is 5.65. The first kappa shape index (κ1) is 22.4. The minimum atomic E-state index is -1.13. The van der Waals surface area contributed by atoms with Crippen LogP contribution in [0.3, 0.4) is 0 Å². The molecule has 1 aromatic heterocycles. The van der Waals surface area contributed by atoms with Gasteiger partial charge in [0.15, 0.2) is 5.78 Å². The molecule has 0 aliphatic carbocycles. The van der Waals surface area contributed by atoms with Gasteiger partial charge in [-0.05, 0) is 36.8 Å². The van der Waals surface area contributed by atoms with Crippen molar-refractivity contribution in [3.8, 4) is 0 Å². The van der Waals surface area contributed by atoms with Crippen LogP contribution in [-0.4, -0.2) is 35.3 Å². The minimum absolute atomic E-state index is 0.0471. The predicted octanol–water partition coefficient (Wildman–Crippen LogP) is 3.19. The number of hydrogen-bond acceptors (Lipinski definition) is 5. The number of rotatable bonds is 10. The van der Waals surface area contributed by atoms with Crippen LogP contribution in [0.15, 0.2) is 36.4 Å². The summed E-state index contributed by atoms with van der Waals surface area (Å²) >= 11 is 1.38. The molecule has 0 spiro atoms. The number of Topliss-reactive ketones (excluding diaryl/α,β-unsaturated/α-hetero) is 2. The van der Waals surface area contributed by atoms with Crippen LogP contribution in [0.25, 0.3) is 0 Å². The second-order valence-corrected chi connectivity index (χ2v) is 8.02. The number of carbonyl (C=O) groups is 4. The molecular weight excluding hydrogens is 395 g/mol. The van der Waals surface area contributed by atoms with Crippen molar-refractivity contribution in [1.82, 2.24) is 4.90 Å². The third-order valence-corrected chi connectivity index (χ3v) is 5.52. The average molecular weight is 418 g/mol. The van der Waals surface area contributed by atoms with Gasteiger partial charge in [-0.15, -0.1) is 11.3 Å². The van der Waals surface area contributed by atoms with Crippen molar-refractivity contribution in [3.63, 3.8) is 0 Å². The molecule has 6 nitrogen and oxygen atoms in total. The van der Waals surface area contributed by atoms with Crippen LogP contribution in [0.5, 0.6) is 0 Å². The number of nitrogens with zero attached hydrogens (tertiary/aromatic N) is 1. The zero-order valence-electron chi connectivity index (χ0n) is 16.3. The Kier molecular flexibility index (Phi) is 7.78. The van der Waals surface area contributed by atoms with Gasteiger partial charge >= 0.3 is 0 Å². The Morgan fingerprint density at radius 3 is 2.34 bits per heavy atom. The smallest absolute Gasteiger partial charge is 0.244 e. The SMILES string of the molecule is Cc1ccc(C(=O)CCC(=O)CCC(=O)N(C)C(C(N)=O)c2cccc(F)c2)s1. The molecule has 0 saturated heterocycles. The number of hydrogen-bond donors (Lipinski definition) is 1. The summed E-state index contributed by atoms with van der Waals surface area (Å²) in [6, 6.07) is 7.75. The highest BCUT2D eigenvalue weighted by atomic mass is 32.1. The molecule has 2 amide bonds. The van der Waals surface area contributed by atoms with E-state index < -0.39 is 23.7 Å². The summed E-state index contributed by atoms with van der Waals surface area (Å²) in [5.74, 6) is -2.12. The fourth-order valence-corrected chi connectivity index (χ4v) is 3.74. The van der Waals surface area contributed by atoms with E-state index >= 15 is 0 Å². The summed E-state index contributed by atoms with van der Waals surface area (Å²) < 4.78 is 13.5. The molecule has 0 saturated carbocycles. The van der Waals surface area contributed by atoms with Crippen molar-refractivity contribution >= 4 is 34.7 Å². The van der Waals surface area contributed by atoms with Gasteiger partial charge in [0.25, 0.3) is 0 Å². The third-order valence-electron chi connectivity index (χ3n) is 4.48. The fourth-order valence-electron chi connectivity index (χ4n) is 2.91. The lowest BCUT2D eigenvalue weighted by atomic mass is 10.0. The van der Waals surface area contributed by atoms with E-state index in [2.05, 4.69) is 0 Å². The van der Waals surface area contributed by atoms with Crippen molar-refractivity contribution in [2.45, 2.75) is 38.6 Å². The maximum absolute atomic E-state index is 13.5. The minimum Gasteiger partial charge on any atom is -0.368 e. The van der Waals surface area contributed by atoms with Crippen LogP contribution in [0.4, 0.5) is 4.39 Å². The first-order valence-electron chi connectivity index (χ1n) is 9.11. The van der Waals surface area contributed by atoms with E-state index in [0.717, 1.165) is 15.8 Å². The van der Waals surface area contributed by atoms with Crippen LogP contribution in [-0.2, 0) is 14.4 Å². The van der Waals surface area contributed by atoms with E-state index in [-0.39, 0.29) is 42.8 Å². The Morgan fingerprint density at radius 2 is 1.76 bits per heavy atom. The Balaban J connectivity index is 1.88. The fraction of sp³-hybridized carbons (Fsp3) is 0.333. The number of nitrogens with two attached hydrogens (primary N) is 1. The largest absolute Gasteiger partial charge is 0.368 e. The van der Waals surface area contributed by atoms with Crippen LogP contribution in [0.1, 0.15) is 51.8 Å². The summed E-state index contributed by atoms with van der Waals surface area (Å²) in [6.45, 7) is 1.90. The van der Waals surface area contributed by atoms with Crippen LogP contribution in [0, 0.1) is 12.7 Å². The van der Waals surface area contributed by atoms with Gasteiger partial charge in [0.05, 0.1) is 4.88 Å². The number of halogens is 1. The van der Waals surface area contributed by atoms with Crippen LogP contribution in [0.2, 0.25) is 0 Å². The van der Waals surface area contributed by atoms with Crippen molar-refractivity contribution < 1.29 is 23.6 Å². The molecule has 1 aromatic carbocycles. The molecular formula is C21H23FN2O4S. The molecule has 29 heavy (non-hydrogen) atoms. The zero-order chi connectivity index (χ0) is 21.6. The van der Waals surface area contributed by atoms with Gasteiger partial charge in [-0.1, -0.05) is 12.1 Å². The van der Waals surface area contributed by atoms with E-state index in [1.165, 1.54) is 36.6 Å². The molecule has 1 unspecified atom stereocenters. The van der Waals surface area contributed by atoms with Gasteiger partial charge in [0, 0.05) is 37.6 Å². The quantitative estimate of drug-likeness (QED) is 0.599. The standard InChI is InChI=1S/C21H23FN2O4S/c1-13-6-10-18(29-13)17(26)9-7-16(25)8-11-19(27)24(2)20(21(23)28)14-4-3-5-15(22)12-14/h3-6,10,12,20H,7-9,11H2,1-2H3,(H2,23,28). The predicted molar refractivity (Wildman–Crippen MR) is 108 cm³/mol. The van der Waals surface area contributed by atoms with Gasteiger partial charge in [-0.3, -0.25) is 19.2 Å². The second-order valence-electron chi connectivity index (χ2n) is 6.74. The molecule has 0 aliphatic heterocycles. The molecule has 0 radical (unpaired) electrons. The Morgan fingerprint density at radius 1 is 1.07 bits per heavy atom. The van der Waals surface area contributed by atoms with E-state index in [1.54, 1.807) is 6.07 Å². The molecule has 1 atom stereocenters. The topological polar surface area (TPSA) is 97.5 Å². The molecule has 0 aliphatic rings. The van der Waals surface area contributed by atoms with Gasteiger partial charge in [-0.25, -0.2) is 4.39 Å². The maximum Gasteiger partial charge on any atom is 0.244 e. The van der Waals surface area contributed by atoms with E-state index in [0.29, 0.717) is 4.88 Å². The normalized spacial score (nSPS) is 11.7. The number of aryl methyl sites for hydroxylation is 1. The molecule has 8 heteroatoms. The number of thiophene rings is 1. The zero-order valence-corrected chi connectivity index (χ0v) is 17.1. The Bertz CT molecular complexity index is 925. The molecule has 0 bridgehead atoms. The third kappa shape index (κ3) is 6.32. The van der Waals surface area contributed by atoms with Gasteiger partial charge in [-0.2, -0.15) is 0 Å². The second kappa shape index (κ2) is 10.1. The van der Waals surface area contributed by atoms with E-state index in [1.807, 2.05) is 13.0 Å². The number of amides is 2. The number of benzene rings is 1. The summed E-state index contributed by atoms with van der Waals surface area (Å²) in [7, 11) is 1.38. The number of likely N-dealkylation sites (N-methyl/N-ethyl adjacent to an activating group) is 1. The van der Waals surface area contributed by atoms with Crippen molar-refractivity contribution in [3.05, 3.63) is 57.5 Å². The highest BCUT2D eigenvalue weighted by Gasteiger charge is 2.27. The van der Waals surface area contributed by atoms with Crippen molar-refractivity contribution in [1.29, 1.82) is 0 Å². The maximum atomic E-state index is 13.5. The lowest BCUT2D eigenvalue weighted by Crippen LogP contribution is -2.39. The molecule has 154 valence electrons. The summed E-state index contributed by atoms with van der Waals surface area (Å²) in [6.07, 6.45) is -0.0266. The first-order valence-corrected chi connectivity index (χ1v) is 9.92. The average Bonchev–Trinajstić information content (AvgIpc) is 3.10. The molecule has 1 heterocycles. The molecule has 2 N–H and O–H groups in total. The monoisotopic (exact) mass is 418 g/mol. The van der Waals surface area contributed by atoms with Crippen LogP contribution >= 0.6 is 11.3 Å². The number of primary amides is 1. The lowest BCUT2D eigenvalue weighted by molar-refractivity contribution is -0.138. The highest BCUT2D eigenvalue weighted by Crippen LogP contribution is 2.22. The van der Waals surface area contributed by atoms with E-state index in [4.69, 9.17) is 5.73 Å². The lowest BCUT2D eigenvalue weighted by Gasteiger charge is -2.26. The van der Waals surface area contributed by atoms with Crippen molar-refractivity contribution in [2.24, 2.45) is 5.73 Å². The highest BCUT2D eigenvalue weighted by molar-refractivity contribution is 7.14. The first-order chi connectivity index (χ1) is 13.7. The number of carbonyl (C=O) groups excluding carboxylic acids is 4. The molecule has 0 fully saturated rings. The van der Waals surface area contributed by atoms with E-state index in [9.17, 15) is 23.6 Å². The van der Waals surface area contributed by atoms with Gasteiger partial charge in [0.1, 0.15) is 17.6 Å². The van der Waals surface area contributed by atoms with Gasteiger partial charge in [0.2, 0.25) is 11.8 Å². The summed E-state index contributed by atoms with van der Waals surface area (Å²) in [4.78, 5) is 51.1. The van der Waals surface area contributed by atoms with Gasteiger partial charge < -0.3 is 10.6 Å². The molecule has 2 rings (SSSR count). The van der Waals surface area contributed by atoms with Crippen molar-refractivity contribution in [2.75, 3.05) is 7.05 Å². The molecule has 2 aromatic rings. The Labute approximate surface area is 172 Å².